The SMILES string of the molecule is C[C@@H]1O[C@H](O[C@@H]2[C@@H](O[C@@H]3[C@@H](O[C@H]4CC[C@@]5(C)[C@@H](CC[C@]6(C)[C@@H]5CC=C5[C@H]7CC(C)(C)C[C@@H](O[C@H]8O[C@@H](CO)[C@H](O)[C@@H](O)[C@@H]8O)[C@@]7(C)CC[C@]56C)[C@]4(C)CO)O[C@@H](C(=O)O)[C@H](O)[C@H]3O)O[C@@H](CO)[C@H](O)[C@H]2O)[C@@H](O)[C@H](O)[C@H]1O. The first kappa shape index (κ1) is 60.0. The third kappa shape index (κ3) is 9.70. The summed E-state index contributed by atoms with van der Waals surface area (Å²) in [4.78, 5) is 12.6. The van der Waals surface area contributed by atoms with Gasteiger partial charge < -0.3 is 109 Å². The van der Waals surface area contributed by atoms with E-state index < -0.39 is 165 Å². The molecule has 4 saturated heterocycles. The molecular formula is C54H88O23. The van der Waals surface area contributed by atoms with Crippen molar-refractivity contribution >= 4 is 5.97 Å². The third-order valence-corrected chi connectivity index (χ3v) is 21.6. The number of hydrogen-bond acceptors (Lipinski definition) is 22. The zero-order chi connectivity index (χ0) is 56.4. The Morgan fingerprint density at radius 1 is 0.558 bits per heavy atom. The molecule has 8 fully saturated rings. The molecule has 14 N–H and O–H groups in total. The summed E-state index contributed by atoms with van der Waals surface area (Å²) in [5.74, 6) is -1.57. The van der Waals surface area contributed by atoms with Crippen molar-refractivity contribution < 1.29 is 114 Å². The second kappa shape index (κ2) is 21.5. The van der Waals surface area contributed by atoms with Crippen molar-refractivity contribution in [3.05, 3.63) is 11.6 Å². The van der Waals surface area contributed by atoms with E-state index in [-0.39, 0.29) is 46.0 Å². The van der Waals surface area contributed by atoms with Crippen LogP contribution in [-0.4, -0.2) is 232 Å². The van der Waals surface area contributed by atoms with E-state index in [2.05, 4.69) is 47.6 Å². The molecule has 0 spiro atoms. The second-order valence-corrected chi connectivity index (χ2v) is 26.4. The summed E-state index contributed by atoms with van der Waals surface area (Å²) in [5.41, 5.74) is -1.06. The van der Waals surface area contributed by atoms with Crippen LogP contribution in [0.3, 0.4) is 0 Å². The maximum atomic E-state index is 12.6. The molecule has 9 rings (SSSR count). The quantitative estimate of drug-likeness (QED) is 0.0783. The molecule has 4 heterocycles. The molecule has 0 amide bonds. The summed E-state index contributed by atoms with van der Waals surface area (Å²) in [7, 11) is 0. The van der Waals surface area contributed by atoms with Gasteiger partial charge in [0.05, 0.1) is 38.1 Å². The summed E-state index contributed by atoms with van der Waals surface area (Å²) in [6.45, 7) is 15.3. The lowest BCUT2D eigenvalue weighted by Gasteiger charge is -2.72. The Bertz CT molecular complexity index is 2130. The van der Waals surface area contributed by atoms with Crippen molar-refractivity contribution in [2.45, 2.75) is 248 Å². The number of aliphatic carboxylic acids is 1. The largest absolute Gasteiger partial charge is 0.479 e. The maximum absolute atomic E-state index is 12.6. The Hall–Kier alpha value is -1.63. The van der Waals surface area contributed by atoms with Crippen molar-refractivity contribution in [2.24, 2.45) is 50.2 Å². The highest BCUT2D eigenvalue weighted by atomic mass is 16.8. The van der Waals surface area contributed by atoms with Gasteiger partial charge in [-0.05, 0) is 104 Å². The van der Waals surface area contributed by atoms with Gasteiger partial charge in [-0.1, -0.05) is 60.1 Å². The van der Waals surface area contributed by atoms with E-state index >= 15 is 0 Å². The van der Waals surface area contributed by atoms with Crippen LogP contribution < -0.4 is 0 Å². The van der Waals surface area contributed by atoms with Gasteiger partial charge in [0.2, 0.25) is 0 Å². The van der Waals surface area contributed by atoms with Gasteiger partial charge in [0, 0.05) is 10.8 Å². The summed E-state index contributed by atoms with van der Waals surface area (Å²) >= 11 is 0. The smallest absolute Gasteiger partial charge is 0.335 e. The van der Waals surface area contributed by atoms with Gasteiger partial charge in [-0.2, -0.15) is 0 Å². The predicted octanol–water partition coefficient (Wildman–Crippen LogP) is -1.47. The molecular weight excluding hydrogens is 1020 g/mol. The summed E-state index contributed by atoms with van der Waals surface area (Å²) < 4.78 is 48.9. The van der Waals surface area contributed by atoms with Crippen LogP contribution in [0.15, 0.2) is 11.6 Å². The van der Waals surface area contributed by atoms with E-state index in [1.165, 1.54) is 12.5 Å². The average Bonchev–Trinajstić information content (AvgIpc) is 3.58. The van der Waals surface area contributed by atoms with Crippen molar-refractivity contribution in [1.29, 1.82) is 0 Å². The number of allylic oxidation sites excluding steroid dienone is 2. The first-order valence-electron chi connectivity index (χ1n) is 27.8. The number of fused-ring (bicyclic) bond motifs is 7. The highest BCUT2D eigenvalue weighted by Gasteiger charge is 2.70. The molecule has 4 aliphatic heterocycles. The van der Waals surface area contributed by atoms with E-state index in [1.807, 2.05) is 6.92 Å². The van der Waals surface area contributed by atoms with Crippen LogP contribution in [0.1, 0.15) is 113 Å². The average molecular weight is 1110 g/mol. The highest BCUT2D eigenvalue weighted by Crippen LogP contribution is 2.76. The number of aliphatic hydroxyl groups excluding tert-OH is 13. The molecule has 4 saturated carbocycles. The second-order valence-electron chi connectivity index (χ2n) is 26.4. The minimum Gasteiger partial charge on any atom is -0.479 e. The minimum absolute atomic E-state index is 0.0886. The number of rotatable bonds is 12. The van der Waals surface area contributed by atoms with Crippen LogP contribution in [0.4, 0.5) is 0 Å². The fourth-order valence-electron chi connectivity index (χ4n) is 16.6. The molecule has 9 aliphatic rings. The molecule has 5 aliphatic carbocycles. The fraction of sp³-hybridized carbons (Fsp3) is 0.944. The van der Waals surface area contributed by atoms with Crippen molar-refractivity contribution in [3.8, 4) is 0 Å². The summed E-state index contributed by atoms with van der Waals surface area (Å²) in [6, 6.07) is 0. The topological polar surface area (TPSA) is 374 Å². The van der Waals surface area contributed by atoms with Crippen LogP contribution in [0, 0.1) is 50.2 Å². The molecule has 23 heteroatoms. The molecule has 0 aromatic rings. The van der Waals surface area contributed by atoms with Crippen LogP contribution in [0.5, 0.6) is 0 Å². The third-order valence-electron chi connectivity index (χ3n) is 21.6. The zero-order valence-electron chi connectivity index (χ0n) is 45.4. The lowest BCUT2D eigenvalue weighted by molar-refractivity contribution is -0.396. The molecule has 442 valence electrons. The number of carboxylic acid groups (broad SMARTS) is 1. The van der Waals surface area contributed by atoms with Gasteiger partial charge in [-0.15, -0.1) is 0 Å². The van der Waals surface area contributed by atoms with E-state index in [0.717, 1.165) is 32.1 Å². The number of hydrogen-bond donors (Lipinski definition) is 14. The van der Waals surface area contributed by atoms with Gasteiger partial charge in [0.1, 0.15) is 85.5 Å². The Morgan fingerprint density at radius 3 is 1.71 bits per heavy atom. The van der Waals surface area contributed by atoms with Gasteiger partial charge >= 0.3 is 5.97 Å². The molecule has 0 aromatic heterocycles. The molecule has 0 bridgehead atoms. The van der Waals surface area contributed by atoms with Crippen LogP contribution in [0.25, 0.3) is 0 Å². The molecule has 0 radical (unpaired) electrons. The van der Waals surface area contributed by atoms with E-state index in [9.17, 15) is 76.3 Å². The minimum atomic E-state index is -2.11. The Morgan fingerprint density at radius 2 is 1.10 bits per heavy atom. The van der Waals surface area contributed by atoms with Gasteiger partial charge in [0.15, 0.2) is 31.3 Å². The lowest BCUT2D eigenvalue weighted by atomic mass is 9.33. The van der Waals surface area contributed by atoms with Gasteiger partial charge in [0.25, 0.3) is 0 Å². The predicted molar refractivity (Wildman–Crippen MR) is 263 cm³/mol. The molecule has 23 nitrogen and oxygen atoms in total. The number of aliphatic hydroxyl groups is 13. The van der Waals surface area contributed by atoms with Crippen molar-refractivity contribution in [3.63, 3.8) is 0 Å². The molecule has 0 unspecified atom stereocenters. The first-order chi connectivity index (χ1) is 36.0. The fourth-order valence-corrected chi connectivity index (χ4v) is 16.6. The van der Waals surface area contributed by atoms with E-state index in [1.54, 1.807) is 0 Å². The van der Waals surface area contributed by atoms with Crippen molar-refractivity contribution in [1.82, 2.24) is 0 Å². The molecule has 77 heavy (non-hydrogen) atoms. The first-order valence-corrected chi connectivity index (χ1v) is 27.8. The van der Waals surface area contributed by atoms with Crippen molar-refractivity contribution in [2.75, 3.05) is 19.8 Å². The molecule has 0 aromatic carbocycles. The van der Waals surface area contributed by atoms with Crippen LogP contribution >= 0.6 is 0 Å². The van der Waals surface area contributed by atoms with Crippen LogP contribution in [0.2, 0.25) is 0 Å². The standard InChI is InChI=1S/C54H88O23/c1-22-31(58)34(61)39(66)45(70-22)76-42-36(63)33(60)26(20-56)72-47(42)77-43-38(65)37(64)41(44(68)69)75-48(43)73-29-12-13-51(5)27(52(29,6)21-57)11-14-54(8)28(51)10-9-23-24-17-49(2,3)18-30(50(24,4)15-16-53(23,54)7)74-46-40(67)35(62)32(59)25(19-55)71-46/h9,22,24-43,45-48,55-67H,10-21H2,1-8H3,(H,68,69)/t22-,24+,25-,26-,27+,28+,29-,30+,31-,32-,33-,34+,35+,36+,37+,38+,39-,40-,41+,42-,43-,45+,46+,47+,48-,50-,51-,52-,53+,54+/m0/s1. The summed E-state index contributed by atoms with van der Waals surface area (Å²) in [5, 5.41) is 151. The Balaban J connectivity index is 0.978. The lowest BCUT2D eigenvalue weighted by Crippen LogP contribution is -2.68. The number of carboxylic acids is 1. The zero-order valence-corrected chi connectivity index (χ0v) is 45.4. The highest BCUT2D eigenvalue weighted by molar-refractivity contribution is 5.73. The maximum Gasteiger partial charge on any atom is 0.335 e. The number of ether oxygens (including phenoxy) is 8. The monoisotopic (exact) mass is 1100 g/mol. The summed E-state index contributed by atoms with van der Waals surface area (Å²) in [6.07, 6.45) is -26.2. The number of carbonyl (C=O) groups is 1. The Kier molecular flexibility index (Phi) is 16.8. The van der Waals surface area contributed by atoms with E-state index in [4.69, 9.17) is 37.9 Å². The Labute approximate surface area is 449 Å². The normalized spacial score (nSPS) is 55.7. The van der Waals surface area contributed by atoms with Gasteiger partial charge in [-0.3, -0.25) is 0 Å². The van der Waals surface area contributed by atoms with Crippen LogP contribution in [-0.2, 0) is 42.7 Å². The van der Waals surface area contributed by atoms with E-state index in [0.29, 0.717) is 25.7 Å². The molecule has 30 atom stereocenters. The van der Waals surface area contributed by atoms with Gasteiger partial charge in [-0.25, -0.2) is 4.79 Å².